The van der Waals surface area contributed by atoms with E-state index in [0.29, 0.717) is 0 Å². The minimum atomic E-state index is 0.730. The maximum absolute atomic E-state index is 6.82. The van der Waals surface area contributed by atoms with E-state index in [-0.39, 0.29) is 0 Å². The number of para-hydroxylation sites is 1. The molecule has 0 atom stereocenters. The second-order valence-electron chi connectivity index (χ2n) is 8.25. The Bertz CT molecular complexity index is 1810. The number of benzene rings is 6. The Morgan fingerprint density at radius 2 is 1.03 bits per heavy atom. The van der Waals surface area contributed by atoms with Gasteiger partial charge in [0.05, 0.1) is 0 Å². The first-order chi connectivity index (χ1) is 15.8. The zero-order valence-electron chi connectivity index (χ0n) is 17.1. The molecule has 0 saturated heterocycles. The van der Waals surface area contributed by atoms with Gasteiger partial charge in [0.15, 0.2) is 0 Å². The average molecular weight is 429 g/mol. The molecule has 1 aromatic heterocycles. The maximum Gasteiger partial charge on any atom is 0.136 e. The molecule has 0 N–H and O–H groups in total. The lowest BCUT2D eigenvalue weighted by Gasteiger charge is -2.13. The minimum absolute atomic E-state index is 0.730. The lowest BCUT2D eigenvalue weighted by atomic mass is 9.91. The fraction of sp³-hybridized carbons (Fsp3) is 0. The molecule has 32 heavy (non-hydrogen) atoms. The first kappa shape index (κ1) is 17.8. The van der Waals surface area contributed by atoms with Gasteiger partial charge >= 0.3 is 0 Å². The number of halogens is 1. The summed E-state index contributed by atoms with van der Waals surface area (Å²) in [4.78, 5) is 0. The van der Waals surface area contributed by atoms with E-state index < -0.39 is 0 Å². The van der Waals surface area contributed by atoms with Crippen LogP contribution in [0.15, 0.2) is 108 Å². The predicted molar refractivity (Wildman–Crippen MR) is 137 cm³/mol. The summed E-state index contributed by atoms with van der Waals surface area (Å²) in [5.74, 6) is 0. The van der Waals surface area contributed by atoms with Gasteiger partial charge in [-0.1, -0.05) is 90.5 Å². The van der Waals surface area contributed by atoms with Crippen molar-refractivity contribution in [3.05, 3.63) is 108 Å². The normalized spacial score (nSPS) is 11.9. The van der Waals surface area contributed by atoms with E-state index in [1.807, 2.05) is 30.3 Å². The summed E-state index contributed by atoms with van der Waals surface area (Å²) in [7, 11) is 0. The van der Waals surface area contributed by atoms with Gasteiger partial charge in [0.2, 0.25) is 0 Å². The Morgan fingerprint density at radius 3 is 1.72 bits per heavy atom. The Morgan fingerprint density at radius 1 is 0.469 bits per heavy atom. The molecule has 0 aliphatic heterocycles. The van der Waals surface area contributed by atoms with Crippen molar-refractivity contribution < 1.29 is 4.42 Å². The molecule has 7 aromatic rings. The summed E-state index contributed by atoms with van der Waals surface area (Å²) in [6, 6.07) is 36.0. The Hall–Kier alpha value is -3.81. The van der Waals surface area contributed by atoms with Crippen molar-refractivity contribution in [1.82, 2.24) is 0 Å². The third-order valence-electron chi connectivity index (χ3n) is 6.53. The third kappa shape index (κ3) is 2.40. The molecule has 0 unspecified atom stereocenters. The largest absolute Gasteiger partial charge is 0.456 e. The molecular formula is C30H17ClO. The molecule has 0 radical (unpaired) electrons. The van der Waals surface area contributed by atoms with E-state index in [1.165, 1.54) is 32.3 Å². The second-order valence-corrected chi connectivity index (χ2v) is 8.65. The highest BCUT2D eigenvalue weighted by Gasteiger charge is 2.17. The summed E-state index contributed by atoms with van der Waals surface area (Å²) in [6.45, 7) is 0. The van der Waals surface area contributed by atoms with Crippen LogP contribution in [-0.2, 0) is 0 Å². The highest BCUT2D eigenvalue weighted by Crippen LogP contribution is 2.43. The molecule has 0 fully saturated rings. The third-order valence-corrected chi connectivity index (χ3v) is 6.84. The molecule has 0 bridgehead atoms. The predicted octanol–water partition coefficient (Wildman–Crippen LogP) is 9.37. The highest BCUT2D eigenvalue weighted by molar-refractivity contribution is 6.36. The van der Waals surface area contributed by atoms with Crippen LogP contribution in [0.2, 0.25) is 5.02 Å². The second kappa shape index (κ2) is 6.59. The number of furan rings is 1. The van der Waals surface area contributed by atoms with Crippen LogP contribution in [-0.4, -0.2) is 0 Å². The lowest BCUT2D eigenvalue weighted by molar-refractivity contribution is 0.669. The molecule has 0 aliphatic rings. The zero-order valence-corrected chi connectivity index (χ0v) is 17.9. The molecule has 0 amide bonds. The van der Waals surface area contributed by atoms with Crippen LogP contribution >= 0.6 is 11.6 Å². The van der Waals surface area contributed by atoms with Gasteiger partial charge in [-0.05, 0) is 62.1 Å². The van der Waals surface area contributed by atoms with Gasteiger partial charge in [0, 0.05) is 21.4 Å². The SMILES string of the molecule is Clc1ccc2oc3ccccc3c2c1-c1ccc2c3ccccc3c3ccccc3c2c1. The van der Waals surface area contributed by atoms with Crippen molar-refractivity contribution in [1.29, 1.82) is 0 Å². The Balaban J connectivity index is 1.64. The molecule has 1 nitrogen and oxygen atoms in total. The molecular weight excluding hydrogens is 412 g/mol. The molecule has 1 heterocycles. The topological polar surface area (TPSA) is 13.1 Å². The van der Waals surface area contributed by atoms with Crippen molar-refractivity contribution in [2.75, 3.05) is 0 Å². The van der Waals surface area contributed by atoms with Crippen molar-refractivity contribution in [3.63, 3.8) is 0 Å². The van der Waals surface area contributed by atoms with Gasteiger partial charge in [-0.25, -0.2) is 0 Å². The fourth-order valence-corrected chi connectivity index (χ4v) is 5.40. The standard InChI is InChI=1S/C30H17ClO/c31-26-15-16-28-30(24-11-5-6-12-27(24)32-28)29(26)18-13-14-23-21-9-2-1-7-19(21)20-8-3-4-10-22(20)25(23)17-18/h1-17H. The maximum atomic E-state index is 6.82. The van der Waals surface area contributed by atoms with E-state index in [1.54, 1.807) is 0 Å². The number of rotatable bonds is 1. The molecule has 6 aromatic carbocycles. The van der Waals surface area contributed by atoms with Crippen LogP contribution in [0.5, 0.6) is 0 Å². The van der Waals surface area contributed by atoms with Gasteiger partial charge in [-0.3, -0.25) is 0 Å². The number of hydrogen-bond donors (Lipinski definition) is 0. The van der Waals surface area contributed by atoms with E-state index in [2.05, 4.69) is 72.8 Å². The van der Waals surface area contributed by atoms with Crippen LogP contribution < -0.4 is 0 Å². The molecule has 0 aliphatic carbocycles. The Labute approximate surface area is 189 Å². The number of fused-ring (bicyclic) bond motifs is 9. The molecule has 0 saturated carbocycles. The van der Waals surface area contributed by atoms with Crippen molar-refractivity contribution in [2.45, 2.75) is 0 Å². The first-order valence-corrected chi connectivity index (χ1v) is 11.1. The van der Waals surface area contributed by atoms with Gasteiger partial charge in [-0.15, -0.1) is 0 Å². The average Bonchev–Trinajstić information content (AvgIpc) is 3.23. The molecule has 0 spiro atoms. The van der Waals surface area contributed by atoms with Crippen LogP contribution in [0.3, 0.4) is 0 Å². The summed E-state index contributed by atoms with van der Waals surface area (Å²) >= 11 is 6.82. The van der Waals surface area contributed by atoms with Crippen LogP contribution in [0.25, 0.3) is 65.4 Å². The molecule has 2 heteroatoms. The Kier molecular flexibility index (Phi) is 3.67. The minimum Gasteiger partial charge on any atom is -0.456 e. The van der Waals surface area contributed by atoms with Gasteiger partial charge in [-0.2, -0.15) is 0 Å². The molecule has 150 valence electrons. The first-order valence-electron chi connectivity index (χ1n) is 10.7. The zero-order chi connectivity index (χ0) is 21.2. The van der Waals surface area contributed by atoms with Gasteiger partial charge in [0.1, 0.15) is 11.2 Å². The lowest BCUT2D eigenvalue weighted by Crippen LogP contribution is -1.86. The fourth-order valence-electron chi connectivity index (χ4n) is 5.14. The molecule has 7 rings (SSSR count). The van der Waals surface area contributed by atoms with E-state index in [9.17, 15) is 0 Å². The summed E-state index contributed by atoms with van der Waals surface area (Å²) < 4.78 is 6.13. The smallest absolute Gasteiger partial charge is 0.136 e. The number of hydrogen-bond acceptors (Lipinski definition) is 1. The van der Waals surface area contributed by atoms with Crippen LogP contribution in [0.1, 0.15) is 0 Å². The summed E-state index contributed by atoms with van der Waals surface area (Å²) in [6.07, 6.45) is 0. The van der Waals surface area contributed by atoms with E-state index in [4.69, 9.17) is 16.0 Å². The monoisotopic (exact) mass is 428 g/mol. The van der Waals surface area contributed by atoms with Crippen molar-refractivity contribution in [3.8, 4) is 11.1 Å². The highest BCUT2D eigenvalue weighted by atomic mass is 35.5. The summed E-state index contributed by atoms with van der Waals surface area (Å²) in [5, 5.41) is 10.4. The summed E-state index contributed by atoms with van der Waals surface area (Å²) in [5.41, 5.74) is 3.85. The van der Waals surface area contributed by atoms with Crippen molar-refractivity contribution >= 4 is 65.9 Å². The quantitative estimate of drug-likeness (QED) is 0.237. The van der Waals surface area contributed by atoms with Crippen LogP contribution in [0.4, 0.5) is 0 Å². The van der Waals surface area contributed by atoms with E-state index >= 15 is 0 Å². The van der Waals surface area contributed by atoms with E-state index in [0.717, 1.165) is 38.1 Å². The van der Waals surface area contributed by atoms with Crippen molar-refractivity contribution in [2.24, 2.45) is 0 Å². The van der Waals surface area contributed by atoms with Gasteiger partial charge < -0.3 is 4.42 Å². The van der Waals surface area contributed by atoms with Crippen LogP contribution in [0, 0.1) is 0 Å². The van der Waals surface area contributed by atoms with Gasteiger partial charge in [0.25, 0.3) is 0 Å².